The van der Waals surface area contributed by atoms with E-state index in [-0.39, 0.29) is 77.0 Å². The Morgan fingerprint density at radius 3 is 1.23 bits per heavy atom. The zero-order valence-corrected chi connectivity index (χ0v) is 51.8. The SMILES string of the molecule is COCCCN.COCCCNc1cnc(C(=O)Nc2cccc(OC)c2)cn1.COc1cccc(N)c1.COc1cccc(NC(=O)c2cnc(Cl)cn2)c1.O=C(Cl)C(=O)Cl.O=C(Cl)c1cnc(Cl)cn1.O=C(O)c1cnc(Cl)cn1.S.S. The van der Waals surface area contributed by atoms with Gasteiger partial charge >= 0.3 is 16.5 Å². The van der Waals surface area contributed by atoms with Crippen LogP contribution in [0.15, 0.2) is 122 Å². The minimum Gasteiger partial charge on any atom is -0.497 e. The van der Waals surface area contributed by atoms with Gasteiger partial charge in [-0.2, -0.15) is 27.0 Å². The van der Waals surface area contributed by atoms with Gasteiger partial charge in [0.25, 0.3) is 17.1 Å². The van der Waals surface area contributed by atoms with Gasteiger partial charge < -0.3 is 56.2 Å². The number of carbonyl (C=O) groups is 6. The normalized spacial score (nSPS) is 9.29. The maximum absolute atomic E-state index is 12.1. The van der Waals surface area contributed by atoms with Crippen LogP contribution in [0, 0.1) is 0 Å². The van der Waals surface area contributed by atoms with Gasteiger partial charge in [-0.15, -0.1) is 0 Å². The quantitative estimate of drug-likeness (QED) is 0.0202. The van der Waals surface area contributed by atoms with Gasteiger partial charge in [0.1, 0.15) is 55.6 Å². The number of carboxylic acids is 1. The lowest BCUT2D eigenvalue weighted by molar-refractivity contribution is -0.127. The van der Waals surface area contributed by atoms with Crippen molar-refractivity contribution in [2.24, 2.45) is 5.73 Å². The molecule has 2 amide bonds. The number of rotatable bonds is 18. The van der Waals surface area contributed by atoms with E-state index in [0.717, 1.165) is 50.2 Å². The summed E-state index contributed by atoms with van der Waals surface area (Å²) in [5.74, 6) is 0.974. The first-order valence-corrected chi connectivity index (χ1v) is 25.3. The number of nitrogen functional groups attached to an aromatic ring is 1. The molecule has 25 nitrogen and oxygen atoms in total. The van der Waals surface area contributed by atoms with Crippen molar-refractivity contribution in [1.82, 2.24) is 39.9 Å². The molecule has 33 heteroatoms. The second-order valence-corrected chi connectivity index (χ2v) is 16.8. The first kappa shape index (κ1) is 78.8. The molecule has 84 heavy (non-hydrogen) atoms. The van der Waals surface area contributed by atoms with Gasteiger partial charge in [0.05, 0.1) is 70.9 Å². The van der Waals surface area contributed by atoms with E-state index in [2.05, 4.69) is 79.0 Å². The summed E-state index contributed by atoms with van der Waals surface area (Å²) in [5.41, 5.74) is 13.0. The number of aromatic carboxylic acids is 1. The molecule has 4 aromatic heterocycles. The Bertz CT molecular complexity index is 2960. The highest BCUT2D eigenvalue weighted by Gasteiger charge is 2.11. The first-order chi connectivity index (χ1) is 39.2. The molecule has 0 aliphatic heterocycles. The van der Waals surface area contributed by atoms with Crippen molar-refractivity contribution in [1.29, 1.82) is 0 Å². The fraction of sp³-hybridized carbons (Fsp3) is 0.216. The number of halogens is 6. The van der Waals surface area contributed by atoms with Gasteiger partial charge in [0.2, 0.25) is 0 Å². The molecule has 0 saturated heterocycles. The summed E-state index contributed by atoms with van der Waals surface area (Å²) in [6.07, 6.45) is 12.2. The van der Waals surface area contributed by atoms with Gasteiger partial charge in [0, 0.05) is 69.2 Å². The number of methoxy groups -OCH3 is 5. The molecule has 3 aromatic carbocycles. The Balaban J connectivity index is 0. The van der Waals surface area contributed by atoms with E-state index in [1.165, 1.54) is 43.4 Å². The van der Waals surface area contributed by atoms with Crippen LogP contribution in [-0.2, 0) is 19.1 Å². The van der Waals surface area contributed by atoms with E-state index in [4.69, 9.17) is 86.7 Å². The van der Waals surface area contributed by atoms with Crippen molar-refractivity contribution in [2.45, 2.75) is 12.8 Å². The highest BCUT2D eigenvalue weighted by Crippen LogP contribution is 2.19. The molecule has 4 heterocycles. The third kappa shape index (κ3) is 36.3. The van der Waals surface area contributed by atoms with Crippen molar-refractivity contribution in [2.75, 3.05) is 83.5 Å². The third-order valence-corrected chi connectivity index (χ3v) is 9.91. The number of benzene rings is 3. The maximum atomic E-state index is 12.1. The number of nitrogens with zero attached hydrogens (tertiary/aromatic N) is 8. The van der Waals surface area contributed by atoms with Crippen molar-refractivity contribution < 1.29 is 57.6 Å². The predicted octanol–water partition coefficient (Wildman–Crippen LogP) is 8.92. The topological polar surface area (TPSA) is 360 Å². The van der Waals surface area contributed by atoms with E-state index >= 15 is 0 Å². The van der Waals surface area contributed by atoms with E-state index in [1.807, 2.05) is 18.2 Å². The zero-order valence-electron chi connectivity index (χ0n) is 45.2. The molecular weight excluding hydrogens is 1260 g/mol. The number of amides is 2. The van der Waals surface area contributed by atoms with Gasteiger partial charge in [-0.3, -0.25) is 24.0 Å². The Morgan fingerprint density at radius 2 is 0.905 bits per heavy atom. The van der Waals surface area contributed by atoms with Crippen molar-refractivity contribution in [3.63, 3.8) is 0 Å². The molecule has 454 valence electrons. The van der Waals surface area contributed by atoms with Crippen LogP contribution in [0.25, 0.3) is 0 Å². The van der Waals surface area contributed by atoms with Crippen molar-refractivity contribution in [3.8, 4) is 17.2 Å². The number of ether oxygens (including phenoxy) is 5. The average Bonchev–Trinajstić information content (AvgIpc) is 3.49. The number of hydrogen-bond donors (Lipinski definition) is 6. The number of carbonyl (C=O) groups excluding carboxylic acids is 5. The second kappa shape index (κ2) is 47.1. The van der Waals surface area contributed by atoms with Gasteiger partial charge in [-0.05, 0) is 90.6 Å². The van der Waals surface area contributed by atoms with Gasteiger partial charge in [0.15, 0.2) is 5.69 Å². The van der Waals surface area contributed by atoms with Crippen LogP contribution < -0.4 is 41.6 Å². The summed E-state index contributed by atoms with van der Waals surface area (Å²) in [6.45, 7) is 2.93. The number of carboxylic acid groups (broad SMARTS) is 1. The molecule has 0 fully saturated rings. The number of nitrogens with two attached hydrogens (primary N) is 2. The van der Waals surface area contributed by atoms with Gasteiger partial charge in [-0.25, -0.2) is 44.7 Å². The lowest BCUT2D eigenvalue weighted by Gasteiger charge is -2.07. The largest absolute Gasteiger partial charge is 0.497 e. The minimum absolute atomic E-state index is 0. The van der Waals surface area contributed by atoms with Crippen LogP contribution in [0.5, 0.6) is 17.2 Å². The predicted molar refractivity (Wildman–Crippen MR) is 333 cm³/mol. The summed E-state index contributed by atoms with van der Waals surface area (Å²) in [5, 5.41) is 14.6. The van der Waals surface area contributed by atoms with E-state index < -0.39 is 21.7 Å². The summed E-state index contributed by atoms with van der Waals surface area (Å²) < 4.78 is 24.8. The molecule has 7 aromatic rings. The molecule has 0 radical (unpaired) electrons. The van der Waals surface area contributed by atoms with Crippen LogP contribution in [0.1, 0.15) is 54.8 Å². The Hall–Kier alpha value is -7.28. The Labute approximate surface area is 527 Å². The van der Waals surface area contributed by atoms with E-state index in [9.17, 15) is 28.8 Å². The smallest absolute Gasteiger partial charge is 0.356 e. The third-order valence-electron chi connectivity index (χ3n) is 8.69. The summed E-state index contributed by atoms with van der Waals surface area (Å²) in [7, 11) is 8.09. The second-order valence-electron chi connectivity index (χ2n) is 14.6. The molecule has 0 unspecified atom stereocenters. The molecule has 7 rings (SSSR count). The maximum Gasteiger partial charge on any atom is 0.356 e. The first-order valence-electron chi connectivity index (χ1n) is 23.0. The number of anilines is 4. The molecular formula is C51H59Cl6N13O12S2. The summed E-state index contributed by atoms with van der Waals surface area (Å²) >= 11 is 30.4. The van der Waals surface area contributed by atoms with Crippen molar-refractivity contribution in [3.05, 3.63) is 161 Å². The average molecular weight is 1320 g/mol. The molecule has 0 aliphatic rings. The molecule has 0 aliphatic carbocycles. The molecule has 0 bridgehead atoms. The fourth-order valence-electron chi connectivity index (χ4n) is 4.90. The highest BCUT2D eigenvalue weighted by atomic mass is 35.5. The standard InChI is InChI=1S/C16H20N4O3.C12H10ClN3O2.C7H9NO.C5H2Cl2N2O.C5H3ClN2O2.C4H11NO.C2Cl2O2.2H2S/c1-22-8-4-7-17-15-11-18-14(10-19-15)16(21)20-12-5-3-6-13(9-12)23-2;1-18-9-4-2-3-8(5-9)16-12(17)10-6-15-11(13)7-14-10;1-9-7-4-2-3-6(8)5-7;6-4-2-8-3(1-9-4)5(7)10;6-4-2-7-3(1-8-4)5(9)10;1-6-4-2-3-5;3-1(5)2(4)6;;/h3,5-6,9-11H,4,7-8H2,1-2H3,(H,17,19)(H,20,21);2-7H,1H3,(H,16,17);2-5H,8H2,1H3;1-2H;1-2H,(H,9,10);2-5H2,1H3;;2*1H2. The highest BCUT2D eigenvalue weighted by molar-refractivity contribution is 7.59. The summed E-state index contributed by atoms with van der Waals surface area (Å²) in [6, 6.07) is 21.5. The Morgan fingerprint density at radius 1 is 0.512 bits per heavy atom. The van der Waals surface area contributed by atoms with Crippen LogP contribution in [0.3, 0.4) is 0 Å². The van der Waals surface area contributed by atoms with Crippen LogP contribution >= 0.6 is 96.6 Å². The van der Waals surface area contributed by atoms with Crippen LogP contribution in [0.2, 0.25) is 15.5 Å². The summed E-state index contributed by atoms with van der Waals surface area (Å²) in [4.78, 5) is 93.5. The van der Waals surface area contributed by atoms with E-state index in [1.54, 1.807) is 90.1 Å². The monoisotopic (exact) mass is 1320 g/mol. The Kier molecular flexibility index (Phi) is 44.2. The molecule has 8 N–H and O–H groups in total. The fourth-order valence-corrected chi connectivity index (χ4v) is 5.29. The number of hydrogen-bond acceptors (Lipinski definition) is 22. The van der Waals surface area contributed by atoms with Crippen molar-refractivity contribution >= 4 is 153 Å². The number of nitrogens with one attached hydrogen (secondary N) is 3. The minimum atomic E-state index is -1.14. The lowest BCUT2D eigenvalue weighted by Crippen LogP contribution is -2.15. The van der Waals surface area contributed by atoms with Crippen LogP contribution in [-0.4, -0.2) is 140 Å². The molecule has 0 saturated carbocycles. The zero-order chi connectivity index (χ0) is 61.2. The van der Waals surface area contributed by atoms with Gasteiger partial charge in [-0.1, -0.05) is 53.0 Å². The van der Waals surface area contributed by atoms with E-state index in [0.29, 0.717) is 35.3 Å². The molecule has 0 spiro atoms. The molecule has 0 atom stereocenters. The lowest BCUT2D eigenvalue weighted by atomic mass is 10.3. The van der Waals surface area contributed by atoms with Crippen LogP contribution in [0.4, 0.5) is 22.9 Å². The number of aromatic nitrogens is 8.